The standard InChI is InChI=1S/C32H43F2N7O.C2H6/c1-10-19(4)29(26(11-2)35-12-3)30(23-13-14-23)32(37-27-15-20(5)38-39-27)36-21(6)41(9)31-24(33)16-22(17-25(31)34)18-28(42)40(7)8;1-2/h11-12,15-17,23H,10,13-14,18H2,1-9H3,(H2,37,38,39);1-2H3/b26-11-,29-19+,32-30+,35-12?,36-21+;. The number of aromatic nitrogens is 2. The molecule has 240 valence electrons. The summed E-state index contributed by atoms with van der Waals surface area (Å²) in [5, 5.41) is 10.7. The van der Waals surface area contributed by atoms with Crippen LogP contribution < -0.4 is 10.2 Å². The molecule has 8 nitrogen and oxygen atoms in total. The van der Waals surface area contributed by atoms with Crippen LogP contribution >= 0.6 is 0 Å². The molecule has 0 radical (unpaired) electrons. The molecular weight excluding hydrogens is 560 g/mol. The van der Waals surface area contributed by atoms with Crippen molar-refractivity contribution in [2.75, 3.05) is 31.4 Å². The normalized spacial score (nSPS) is 14.9. The zero-order chi connectivity index (χ0) is 33.1. The summed E-state index contributed by atoms with van der Waals surface area (Å²) >= 11 is 0. The van der Waals surface area contributed by atoms with Gasteiger partial charge in [0.2, 0.25) is 5.91 Å². The van der Waals surface area contributed by atoms with Crippen LogP contribution in [0, 0.1) is 24.5 Å². The van der Waals surface area contributed by atoms with Crippen LogP contribution in [0.25, 0.3) is 0 Å². The summed E-state index contributed by atoms with van der Waals surface area (Å²) in [6, 6.07) is 4.28. The third kappa shape index (κ3) is 9.21. The largest absolute Gasteiger partial charge is 0.349 e. The van der Waals surface area contributed by atoms with Gasteiger partial charge >= 0.3 is 0 Å². The molecule has 1 amide bonds. The Bertz CT molecular complexity index is 1440. The van der Waals surface area contributed by atoms with Gasteiger partial charge in [0.25, 0.3) is 0 Å². The fraction of sp³-hybridized carbons (Fsp3) is 0.471. The highest BCUT2D eigenvalue weighted by Crippen LogP contribution is 2.45. The molecule has 1 saturated carbocycles. The molecule has 2 aromatic rings. The van der Waals surface area contributed by atoms with Gasteiger partial charge < -0.3 is 15.1 Å². The minimum Gasteiger partial charge on any atom is -0.349 e. The maximum atomic E-state index is 15.3. The molecule has 0 bridgehead atoms. The number of nitrogens with zero attached hydrogens (tertiary/aromatic N) is 5. The average Bonchev–Trinajstić information content (AvgIpc) is 3.74. The van der Waals surface area contributed by atoms with Gasteiger partial charge in [0.05, 0.1) is 12.1 Å². The zero-order valence-electron chi connectivity index (χ0n) is 28.2. The fourth-order valence-corrected chi connectivity index (χ4v) is 4.60. The van der Waals surface area contributed by atoms with E-state index in [0.29, 0.717) is 17.5 Å². The molecule has 0 aliphatic heterocycles. The first-order valence-electron chi connectivity index (χ1n) is 15.3. The van der Waals surface area contributed by atoms with E-state index in [1.807, 2.05) is 46.8 Å². The van der Waals surface area contributed by atoms with Crippen molar-refractivity contribution in [2.45, 2.75) is 81.1 Å². The first-order chi connectivity index (χ1) is 20.9. The van der Waals surface area contributed by atoms with Crippen LogP contribution in [0.5, 0.6) is 0 Å². The van der Waals surface area contributed by atoms with Gasteiger partial charge in [-0.15, -0.1) is 0 Å². The predicted molar refractivity (Wildman–Crippen MR) is 179 cm³/mol. The zero-order valence-corrected chi connectivity index (χ0v) is 28.2. The van der Waals surface area contributed by atoms with Crippen LogP contribution in [0.3, 0.4) is 0 Å². The molecule has 0 atom stereocenters. The van der Waals surface area contributed by atoms with E-state index < -0.39 is 11.6 Å². The number of rotatable bonds is 11. The summed E-state index contributed by atoms with van der Waals surface area (Å²) < 4.78 is 30.7. The van der Waals surface area contributed by atoms with Gasteiger partial charge in [-0.25, -0.2) is 13.8 Å². The van der Waals surface area contributed by atoms with Gasteiger partial charge in [-0.1, -0.05) is 32.4 Å². The number of halogens is 2. The molecule has 2 N–H and O–H groups in total. The Hall–Kier alpha value is -4.08. The molecule has 44 heavy (non-hydrogen) atoms. The molecule has 3 rings (SSSR count). The van der Waals surface area contributed by atoms with Crippen LogP contribution in [0.2, 0.25) is 0 Å². The average molecular weight is 610 g/mol. The van der Waals surface area contributed by atoms with E-state index in [2.05, 4.69) is 34.4 Å². The number of likely N-dealkylation sites (N-methyl/N-ethyl adjacent to an activating group) is 1. The van der Waals surface area contributed by atoms with E-state index in [9.17, 15) is 4.79 Å². The molecule has 0 unspecified atom stereocenters. The summed E-state index contributed by atoms with van der Waals surface area (Å²) in [7, 11) is 4.78. The molecule has 1 fully saturated rings. The second-order valence-corrected chi connectivity index (χ2v) is 10.8. The lowest BCUT2D eigenvalue weighted by Crippen LogP contribution is -2.27. The van der Waals surface area contributed by atoms with Gasteiger partial charge in [-0.3, -0.25) is 14.9 Å². The molecule has 1 aromatic carbocycles. The summed E-state index contributed by atoms with van der Waals surface area (Å²) in [6.07, 6.45) is 6.48. The number of nitrogens with one attached hydrogen (secondary N) is 2. The van der Waals surface area contributed by atoms with Crippen LogP contribution in [-0.2, 0) is 11.2 Å². The van der Waals surface area contributed by atoms with Crippen LogP contribution in [0.4, 0.5) is 20.3 Å². The summed E-state index contributed by atoms with van der Waals surface area (Å²) in [5.41, 5.74) is 4.92. The lowest BCUT2D eigenvalue weighted by atomic mass is 9.92. The number of anilines is 2. The van der Waals surface area contributed by atoms with Crippen molar-refractivity contribution in [3.8, 4) is 0 Å². The number of aryl methyl sites for hydroxylation is 1. The van der Waals surface area contributed by atoms with Crippen molar-refractivity contribution >= 4 is 29.5 Å². The monoisotopic (exact) mass is 609 g/mol. The topological polar surface area (TPSA) is 89.0 Å². The number of carbonyl (C=O) groups excluding carboxylic acids is 1. The van der Waals surface area contributed by atoms with E-state index in [0.717, 1.165) is 47.4 Å². The molecule has 0 spiro atoms. The van der Waals surface area contributed by atoms with Gasteiger partial charge in [0.15, 0.2) is 5.82 Å². The van der Waals surface area contributed by atoms with Crippen molar-refractivity contribution in [3.05, 3.63) is 75.4 Å². The second kappa shape index (κ2) is 16.7. The molecule has 1 heterocycles. The number of carbonyl (C=O) groups is 1. The Morgan fingerprint density at radius 3 is 2.18 bits per heavy atom. The quantitative estimate of drug-likeness (QED) is 0.154. The predicted octanol–water partition coefficient (Wildman–Crippen LogP) is 7.96. The van der Waals surface area contributed by atoms with Crippen molar-refractivity contribution in [2.24, 2.45) is 15.9 Å². The SMILES string of the molecule is CC.CC=NC(=C\C)/C(=C(/C)CC)C(=C(\N=C(/C)N(C)c1c(F)cc(CC(=O)N(C)C)cc1F)Nc1cc(C)[nH]n1)/C1CC1. The van der Waals surface area contributed by atoms with Crippen molar-refractivity contribution in [1.82, 2.24) is 15.1 Å². The molecule has 10 heteroatoms. The number of aromatic amines is 1. The first-order valence-corrected chi connectivity index (χ1v) is 15.3. The molecule has 1 aromatic heterocycles. The summed E-state index contributed by atoms with van der Waals surface area (Å²) in [6.45, 7) is 15.7. The highest BCUT2D eigenvalue weighted by Gasteiger charge is 2.34. The number of hydrogen-bond acceptors (Lipinski definition) is 5. The van der Waals surface area contributed by atoms with Crippen LogP contribution in [0.15, 0.2) is 62.5 Å². The number of benzene rings is 1. The second-order valence-electron chi connectivity index (χ2n) is 10.8. The lowest BCUT2D eigenvalue weighted by Gasteiger charge is -2.23. The molecule has 0 saturated heterocycles. The Balaban J connectivity index is 0.00000330. The number of H-pyrrole nitrogens is 1. The Kier molecular flexibility index (Phi) is 13.7. The minimum atomic E-state index is -0.770. The molecule has 1 aliphatic carbocycles. The van der Waals surface area contributed by atoms with E-state index in [4.69, 9.17) is 4.99 Å². The number of amides is 1. The van der Waals surface area contributed by atoms with E-state index in [1.54, 1.807) is 34.3 Å². The number of hydrogen-bond donors (Lipinski definition) is 2. The Labute approximate surface area is 261 Å². The lowest BCUT2D eigenvalue weighted by molar-refractivity contribution is -0.127. The van der Waals surface area contributed by atoms with E-state index in [-0.39, 0.29) is 29.5 Å². The molecular formula is C34H49F2N7O. The minimum absolute atomic E-state index is 0.0953. The van der Waals surface area contributed by atoms with Crippen molar-refractivity contribution in [3.63, 3.8) is 0 Å². The fourth-order valence-electron chi connectivity index (χ4n) is 4.60. The van der Waals surface area contributed by atoms with Gasteiger partial charge in [-0.2, -0.15) is 5.10 Å². The highest BCUT2D eigenvalue weighted by atomic mass is 19.1. The Morgan fingerprint density at radius 1 is 1.11 bits per heavy atom. The van der Waals surface area contributed by atoms with Crippen molar-refractivity contribution < 1.29 is 13.6 Å². The number of amidine groups is 1. The third-order valence-electron chi connectivity index (χ3n) is 7.24. The number of allylic oxidation sites excluding steroid dienone is 3. The maximum Gasteiger partial charge on any atom is 0.226 e. The third-order valence-corrected chi connectivity index (χ3v) is 7.24. The van der Waals surface area contributed by atoms with E-state index in [1.165, 1.54) is 21.9 Å². The Morgan fingerprint density at radius 2 is 1.73 bits per heavy atom. The van der Waals surface area contributed by atoms with E-state index >= 15 is 8.78 Å². The maximum absolute atomic E-state index is 15.3. The van der Waals surface area contributed by atoms with Gasteiger partial charge in [-0.05, 0) is 77.5 Å². The summed E-state index contributed by atoms with van der Waals surface area (Å²) in [4.78, 5) is 24.5. The van der Waals surface area contributed by atoms with Crippen LogP contribution in [0.1, 0.15) is 79.0 Å². The first kappa shape index (κ1) is 36.1. The van der Waals surface area contributed by atoms with Crippen LogP contribution in [-0.4, -0.2) is 54.2 Å². The number of aliphatic imine (C=N–C) groups is 2. The van der Waals surface area contributed by atoms with Crippen molar-refractivity contribution in [1.29, 1.82) is 0 Å². The summed E-state index contributed by atoms with van der Waals surface area (Å²) in [5.74, 6) is -0.0322. The highest BCUT2D eigenvalue weighted by molar-refractivity contribution is 5.96. The van der Waals surface area contributed by atoms with Gasteiger partial charge in [0, 0.05) is 50.3 Å². The van der Waals surface area contributed by atoms with Gasteiger partial charge in [0.1, 0.15) is 29.0 Å². The molecule has 1 aliphatic rings. The smallest absolute Gasteiger partial charge is 0.226 e.